The molecule has 1 N–H and O–H groups in total. The smallest absolute Gasteiger partial charge is 0.226 e. The molecule has 1 aromatic heterocycles. The fraction of sp³-hybridized carbons (Fsp3) is 0.556. The Morgan fingerprint density at radius 1 is 1.18 bits per heavy atom. The van der Waals surface area contributed by atoms with Gasteiger partial charge in [-0.25, -0.2) is 14.4 Å². The fourth-order valence-corrected chi connectivity index (χ4v) is 7.69. The second-order valence-corrected chi connectivity index (χ2v) is 11.2. The third-order valence-electron chi connectivity index (χ3n) is 8.60. The van der Waals surface area contributed by atoms with Crippen molar-refractivity contribution in [2.24, 2.45) is 23.2 Å². The predicted molar refractivity (Wildman–Crippen MR) is 125 cm³/mol. The molecule has 4 aliphatic carbocycles. The van der Waals surface area contributed by atoms with E-state index in [1.807, 2.05) is 6.07 Å². The summed E-state index contributed by atoms with van der Waals surface area (Å²) in [5.41, 5.74) is 3.13. The molecule has 1 aliphatic heterocycles. The SMILES string of the molecule is N#Cc1cc(CN2CCc3c(ncnc3NC(=O)CC34CC5CC(CC(C5)C3)C4)C2)ccc1F. The van der Waals surface area contributed by atoms with E-state index in [2.05, 4.69) is 20.2 Å². The highest BCUT2D eigenvalue weighted by atomic mass is 19.1. The van der Waals surface area contributed by atoms with Gasteiger partial charge < -0.3 is 5.32 Å². The number of amides is 1. The minimum Gasteiger partial charge on any atom is -0.310 e. The van der Waals surface area contributed by atoms with Crippen molar-refractivity contribution in [3.8, 4) is 6.07 Å². The second kappa shape index (κ2) is 8.42. The Morgan fingerprint density at radius 3 is 2.62 bits per heavy atom. The van der Waals surface area contributed by atoms with Crippen LogP contribution in [0.15, 0.2) is 24.5 Å². The molecule has 4 fully saturated rings. The van der Waals surface area contributed by atoms with Gasteiger partial charge in [-0.1, -0.05) is 6.07 Å². The molecular formula is C27H30FN5O. The first-order valence-electron chi connectivity index (χ1n) is 12.5. The van der Waals surface area contributed by atoms with Crippen LogP contribution < -0.4 is 5.32 Å². The summed E-state index contributed by atoms with van der Waals surface area (Å²) in [6.45, 7) is 2.04. The lowest BCUT2D eigenvalue weighted by atomic mass is 9.49. The van der Waals surface area contributed by atoms with E-state index in [1.54, 1.807) is 12.1 Å². The maximum atomic E-state index is 13.6. The third-order valence-corrected chi connectivity index (χ3v) is 8.60. The molecular weight excluding hydrogens is 429 g/mol. The van der Waals surface area contributed by atoms with Gasteiger partial charge in [0.1, 0.15) is 24.0 Å². The van der Waals surface area contributed by atoms with Crippen LogP contribution in [0.3, 0.4) is 0 Å². The van der Waals surface area contributed by atoms with E-state index in [-0.39, 0.29) is 16.9 Å². The van der Waals surface area contributed by atoms with E-state index in [1.165, 1.54) is 50.9 Å². The standard InChI is InChI=1S/C27H30FN5O/c28-23-2-1-17(8-21(23)13-29)14-33-4-3-22-24(15-33)30-16-31-26(22)32-25(34)12-27-9-18-5-19(10-27)7-20(6-18)11-27/h1-2,8,16,18-20H,3-7,9-12,14-15H2,(H,30,31,32,34). The van der Waals surface area contributed by atoms with E-state index in [0.29, 0.717) is 25.3 Å². The van der Waals surface area contributed by atoms with Crippen molar-refractivity contribution in [2.75, 3.05) is 11.9 Å². The van der Waals surface area contributed by atoms with Gasteiger partial charge in [0.2, 0.25) is 5.91 Å². The molecule has 7 rings (SSSR count). The van der Waals surface area contributed by atoms with Gasteiger partial charge in [-0.05, 0) is 85.8 Å². The summed E-state index contributed by atoms with van der Waals surface area (Å²) >= 11 is 0. The fourth-order valence-electron chi connectivity index (χ4n) is 7.69. The number of hydrogen-bond acceptors (Lipinski definition) is 5. The first-order valence-corrected chi connectivity index (χ1v) is 12.5. The largest absolute Gasteiger partial charge is 0.310 e. The van der Waals surface area contributed by atoms with Crippen molar-refractivity contribution >= 4 is 11.7 Å². The Morgan fingerprint density at radius 2 is 1.91 bits per heavy atom. The highest BCUT2D eigenvalue weighted by Gasteiger charge is 2.51. The number of aromatic nitrogens is 2. The summed E-state index contributed by atoms with van der Waals surface area (Å²) in [7, 11) is 0. The van der Waals surface area contributed by atoms with Crippen LogP contribution in [0, 0.1) is 40.3 Å². The maximum Gasteiger partial charge on any atom is 0.226 e. The molecule has 0 spiro atoms. The quantitative estimate of drug-likeness (QED) is 0.707. The Bertz CT molecular complexity index is 1140. The van der Waals surface area contributed by atoms with E-state index < -0.39 is 5.82 Å². The average Bonchev–Trinajstić information content (AvgIpc) is 2.79. The number of benzene rings is 1. The van der Waals surface area contributed by atoms with Crippen LogP contribution in [0.2, 0.25) is 0 Å². The minimum absolute atomic E-state index is 0.0706. The van der Waals surface area contributed by atoms with E-state index >= 15 is 0 Å². The number of nitriles is 1. The van der Waals surface area contributed by atoms with Crippen molar-refractivity contribution in [3.05, 3.63) is 52.7 Å². The second-order valence-electron chi connectivity index (χ2n) is 11.2. The summed E-state index contributed by atoms with van der Waals surface area (Å²) < 4.78 is 13.6. The van der Waals surface area contributed by atoms with Crippen LogP contribution in [0.4, 0.5) is 10.2 Å². The normalized spacial score (nSPS) is 29.5. The van der Waals surface area contributed by atoms with Gasteiger partial charge in [-0.15, -0.1) is 0 Å². The lowest BCUT2D eigenvalue weighted by molar-refractivity contribution is -0.124. The van der Waals surface area contributed by atoms with Gasteiger partial charge >= 0.3 is 0 Å². The van der Waals surface area contributed by atoms with E-state index in [9.17, 15) is 9.18 Å². The van der Waals surface area contributed by atoms with Crippen LogP contribution in [0.25, 0.3) is 0 Å². The molecule has 176 valence electrons. The van der Waals surface area contributed by atoms with Gasteiger partial charge in [-0.3, -0.25) is 9.69 Å². The third kappa shape index (κ3) is 4.09. The lowest BCUT2D eigenvalue weighted by Gasteiger charge is -2.56. The van der Waals surface area contributed by atoms with Crippen molar-refractivity contribution in [1.29, 1.82) is 5.26 Å². The molecule has 0 unspecified atom stereocenters. The van der Waals surface area contributed by atoms with Gasteiger partial charge in [0.05, 0.1) is 11.3 Å². The highest BCUT2D eigenvalue weighted by molar-refractivity contribution is 5.91. The molecule has 5 aliphatic rings. The Balaban J connectivity index is 1.12. The summed E-state index contributed by atoms with van der Waals surface area (Å²) in [5, 5.41) is 12.2. The first kappa shape index (κ1) is 21.7. The van der Waals surface area contributed by atoms with Gasteiger partial charge in [0.25, 0.3) is 0 Å². The number of halogens is 1. The first-order chi connectivity index (χ1) is 16.5. The van der Waals surface area contributed by atoms with Crippen molar-refractivity contribution in [3.63, 3.8) is 0 Å². The average molecular weight is 460 g/mol. The van der Waals surface area contributed by atoms with Crippen LogP contribution in [0.5, 0.6) is 0 Å². The monoisotopic (exact) mass is 459 g/mol. The summed E-state index contributed by atoms with van der Waals surface area (Å²) in [4.78, 5) is 24.3. The van der Waals surface area contributed by atoms with Crippen LogP contribution in [-0.2, 0) is 24.3 Å². The molecule has 4 bridgehead atoms. The molecule has 4 saturated carbocycles. The number of carbonyl (C=O) groups is 1. The number of fused-ring (bicyclic) bond motifs is 1. The molecule has 2 heterocycles. The van der Waals surface area contributed by atoms with E-state index in [0.717, 1.165) is 47.5 Å². The van der Waals surface area contributed by atoms with Crippen molar-refractivity contribution in [1.82, 2.24) is 14.9 Å². The zero-order chi connectivity index (χ0) is 23.3. The summed E-state index contributed by atoms with van der Waals surface area (Å²) in [5.74, 6) is 2.78. The number of nitrogens with one attached hydrogen (secondary N) is 1. The van der Waals surface area contributed by atoms with Gasteiger partial charge in [0, 0.05) is 31.6 Å². The molecule has 34 heavy (non-hydrogen) atoms. The molecule has 0 saturated heterocycles. The molecule has 0 radical (unpaired) electrons. The minimum atomic E-state index is -0.489. The molecule has 2 aromatic rings. The Kier molecular flexibility index (Phi) is 5.37. The summed E-state index contributed by atoms with van der Waals surface area (Å²) in [6.07, 6.45) is 10.7. The number of nitrogens with zero attached hydrogens (tertiary/aromatic N) is 4. The Hall–Kier alpha value is -2.85. The van der Waals surface area contributed by atoms with Gasteiger partial charge in [0.15, 0.2) is 0 Å². The van der Waals surface area contributed by atoms with E-state index in [4.69, 9.17) is 5.26 Å². The summed E-state index contributed by atoms with van der Waals surface area (Å²) in [6, 6.07) is 6.60. The zero-order valence-corrected chi connectivity index (χ0v) is 19.4. The molecule has 6 nitrogen and oxygen atoms in total. The lowest BCUT2D eigenvalue weighted by Crippen LogP contribution is -2.47. The number of rotatable bonds is 5. The van der Waals surface area contributed by atoms with Crippen molar-refractivity contribution < 1.29 is 9.18 Å². The molecule has 7 heteroatoms. The predicted octanol–water partition coefficient (Wildman–Crippen LogP) is 4.59. The van der Waals surface area contributed by atoms with Gasteiger partial charge in [-0.2, -0.15) is 5.26 Å². The molecule has 1 amide bonds. The highest BCUT2D eigenvalue weighted by Crippen LogP contribution is 2.61. The van der Waals surface area contributed by atoms with Crippen LogP contribution in [0.1, 0.15) is 67.3 Å². The van der Waals surface area contributed by atoms with Crippen molar-refractivity contribution in [2.45, 2.75) is 64.5 Å². The van der Waals surface area contributed by atoms with Crippen LogP contribution >= 0.6 is 0 Å². The topological polar surface area (TPSA) is 81.9 Å². The zero-order valence-electron chi connectivity index (χ0n) is 19.4. The Labute approximate surface area is 199 Å². The molecule has 0 atom stereocenters. The number of hydrogen-bond donors (Lipinski definition) is 1. The maximum absolute atomic E-state index is 13.6. The molecule has 1 aromatic carbocycles. The van der Waals surface area contributed by atoms with Crippen LogP contribution in [-0.4, -0.2) is 27.3 Å². The number of carbonyl (C=O) groups excluding carboxylic acids is 1. The number of anilines is 1.